The van der Waals surface area contributed by atoms with E-state index in [1.54, 1.807) is 19.3 Å². The van der Waals surface area contributed by atoms with E-state index in [2.05, 4.69) is 10.3 Å². The summed E-state index contributed by atoms with van der Waals surface area (Å²) in [4.78, 5) is 13.5. The summed E-state index contributed by atoms with van der Waals surface area (Å²) >= 11 is 0. The minimum Gasteiger partial charge on any atom is -0.490 e. The second-order valence-electron chi connectivity index (χ2n) is 2.00. The minimum atomic E-state index is -0.223. The zero-order chi connectivity index (χ0) is 8.27. The highest BCUT2D eigenvalue weighted by atomic mass is 16.5. The summed E-state index contributed by atoms with van der Waals surface area (Å²) in [5.41, 5.74) is 0.468. The van der Waals surface area contributed by atoms with Crippen LogP contribution in [0.2, 0.25) is 0 Å². The highest BCUT2D eigenvalue weighted by Gasteiger charge is 2.03. The van der Waals surface area contributed by atoms with Crippen molar-refractivity contribution in [3.8, 4) is 5.75 Å². The number of H-pyrrole nitrogens is 1. The summed E-state index contributed by atoms with van der Waals surface area (Å²) in [5.74, 6) is 0.315. The molecule has 1 aromatic rings. The Hall–Kier alpha value is -1.45. The Morgan fingerprint density at radius 1 is 1.64 bits per heavy atom. The number of nitrogens with one attached hydrogen (secondary N) is 2. The van der Waals surface area contributed by atoms with E-state index in [9.17, 15) is 4.79 Å². The summed E-state index contributed by atoms with van der Waals surface area (Å²) in [5, 5.41) is 2.84. The number of pyridine rings is 1. The van der Waals surface area contributed by atoms with Gasteiger partial charge in [-0.25, -0.2) is 0 Å². The van der Waals surface area contributed by atoms with Crippen molar-refractivity contribution in [1.29, 1.82) is 0 Å². The lowest BCUT2D eigenvalue weighted by Gasteiger charge is -2.04. The molecule has 2 N–H and O–H groups in total. The first-order chi connectivity index (χ1) is 5.29. The van der Waals surface area contributed by atoms with E-state index in [0.29, 0.717) is 11.4 Å². The van der Waals surface area contributed by atoms with Gasteiger partial charge in [0.15, 0.2) is 0 Å². The van der Waals surface area contributed by atoms with Crippen molar-refractivity contribution < 1.29 is 4.74 Å². The maximum atomic E-state index is 11.0. The molecule has 1 heterocycles. The average molecular weight is 154 g/mol. The van der Waals surface area contributed by atoms with Crippen LogP contribution in [0, 0.1) is 0 Å². The molecule has 0 aliphatic rings. The molecule has 0 radical (unpaired) electrons. The van der Waals surface area contributed by atoms with Crippen LogP contribution in [0.4, 0.5) is 5.69 Å². The zero-order valence-corrected chi connectivity index (χ0v) is 6.47. The molecule has 11 heavy (non-hydrogen) atoms. The molecule has 0 atom stereocenters. The molecular formula is C7H10N2O2. The first kappa shape index (κ1) is 7.65. The monoisotopic (exact) mass is 154 g/mol. The molecule has 0 spiro atoms. The Balaban J connectivity index is 3.24. The second-order valence-corrected chi connectivity index (χ2v) is 2.00. The smallest absolute Gasteiger partial charge is 0.292 e. The van der Waals surface area contributed by atoms with Gasteiger partial charge in [-0.15, -0.1) is 0 Å². The molecule has 0 aliphatic carbocycles. The number of ether oxygens (including phenoxy) is 1. The Morgan fingerprint density at radius 3 is 2.82 bits per heavy atom. The lowest BCUT2D eigenvalue weighted by molar-refractivity contribution is 0.410. The van der Waals surface area contributed by atoms with Crippen LogP contribution in [0.5, 0.6) is 5.75 Å². The van der Waals surface area contributed by atoms with Gasteiger partial charge in [0.2, 0.25) is 5.75 Å². The molecule has 4 heteroatoms. The molecule has 60 valence electrons. The number of anilines is 1. The first-order valence-electron chi connectivity index (χ1n) is 3.23. The van der Waals surface area contributed by atoms with E-state index < -0.39 is 0 Å². The highest BCUT2D eigenvalue weighted by Crippen LogP contribution is 2.15. The minimum absolute atomic E-state index is 0.223. The SMILES string of the molecule is CNc1cc[nH]c(=O)c1OC. The van der Waals surface area contributed by atoms with Crippen molar-refractivity contribution in [2.24, 2.45) is 0 Å². The maximum Gasteiger partial charge on any atom is 0.292 e. The van der Waals surface area contributed by atoms with Crippen molar-refractivity contribution in [2.75, 3.05) is 19.5 Å². The topological polar surface area (TPSA) is 54.1 Å². The normalized spacial score (nSPS) is 9.27. The average Bonchev–Trinajstić information content (AvgIpc) is 2.04. The molecule has 0 fully saturated rings. The fourth-order valence-electron chi connectivity index (χ4n) is 0.864. The van der Waals surface area contributed by atoms with Crippen LogP contribution >= 0.6 is 0 Å². The first-order valence-corrected chi connectivity index (χ1v) is 3.23. The van der Waals surface area contributed by atoms with Gasteiger partial charge in [-0.2, -0.15) is 0 Å². The van der Waals surface area contributed by atoms with Crippen LogP contribution in [0.3, 0.4) is 0 Å². The van der Waals surface area contributed by atoms with Crippen molar-refractivity contribution in [1.82, 2.24) is 4.98 Å². The van der Waals surface area contributed by atoms with Gasteiger partial charge in [-0.1, -0.05) is 0 Å². The molecule has 0 saturated heterocycles. The molecule has 0 bridgehead atoms. The van der Waals surface area contributed by atoms with Crippen molar-refractivity contribution in [2.45, 2.75) is 0 Å². The van der Waals surface area contributed by atoms with Gasteiger partial charge < -0.3 is 15.0 Å². The van der Waals surface area contributed by atoms with Crippen LogP contribution in [0.25, 0.3) is 0 Å². The molecule has 0 aromatic carbocycles. The van der Waals surface area contributed by atoms with E-state index in [4.69, 9.17) is 4.74 Å². The molecule has 0 amide bonds. The van der Waals surface area contributed by atoms with Crippen LogP contribution in [-0.4, -0.2) is 19.1 Å². The molecule has 4 nitrogen and oxygen atoms in total. The number of hydrogen-bond acceptors (Lipinski definition) is 3. The van der Waals surface area contributed by atoms with Crippen LogP contribution in [0.15, 0.2) is 17.1 Å². The van der Waals surface area contributed by atoms with Crippen molar-refractivity contribution in [3.63, 3.8) is 0 Å². The lowest BCUT2D eigenvalue weighted by Crippen LogP contribution is -2.10. The van der Waals surface area contributed by atoms with E-state index in [1.807, 2.05) is 0 Å². The molecule has 0 unspecified atom stereocenters. The number of rotatable bonds is 2. The van der Waals surface area contributed by atoms with Gasteiger partial charge in [0, 0.05) is 13.2 Å². The van der Waals surface area contributed by atoms with Crippen LogP contribution in [0.1, 0.15) is 0 Å². The summed E-state index contributed by atoms with van der Waals surface area (Å²) < 4.78 is 4.86. The standard InChI is InChI=1S/C7H10N2O2/c1-8-5-3-4-9-7(10)6(5)11-2/h3-4H,1-2H3,(H2,8,9,10). The van der Waals surface area contributed by atoms with Crippen molar-refractivity contribution >= 4 is 5.69 Å². The summed E-state index contributed by atoms with van der Waals surface area (Å²) in [7, 11) is 3.20. The number of hydrogen-bond donors (Lipinski definition) is 2. The Kier molecular flexibility index (Phi) is 2.15. The fraction of sp³-hybridized carbons (Fsp3) is 0.286. The Labute approximate surface area is 64.2 Å². The van der Waals surface area contributed by atoms with E-state index in [1.165, 1.54) is 7.11 Å². The van der Waals surface area contributed by atoms with Gasteiger partial charge in [0.25, 0.3) is 5.56 Å². The molecular weight excluding hydrogens is 144 g/mol. The molecule has 1 rings (SSSR count). The Morgan fingerprint density at radius 2 is 2.36 bits per heavy atom. The Bertz CT molecular complexity index is 293. The quantitative estimate of drug-likeness (QED) is 0.649. The highest BCUT2D eigenvalue weighted by molar-refractivity contribution is 5.53. The van der Waals surface area contributed by atoms with Gasteiger partial charge in [-0.05, 0) is 6.07 Å². The van der Waals surface area contributed by atoms with Gasteiger partial charge in [0.1, 0.15) is 0 Å². The largest absolute Gasteiger partial charge is 0.490 e. The zero-order valence-electron chi connectivity index (χ0n) is 6.47. The van der Waals surface area contributed by atoms with Crippen LogP contribution < -0.4 is 15.6 Å². The summed E-state index contributed by atoms with van der Waals surface area (Å²) in [6.07, 6.45) is 1.57. The predicted octanol–water partition coefficient (Wildman–Crippen LogP) is 0.425. The van der Waals surface area contributed by atoms with Gasteiger partial charge in [0.05, 0.1) is 12.8 Å². The van der Waals surface area contributed by atoms with E-state index in [-0.39, 0.29) is 5.56 Å². The number of methoxy groups -OCH3 is 1. The van der Waals surface area contributed by atoms with E-state index >= 15 is 0 Å². The maximum absolute atomic E-state index is 11.0. The summed E-state index contributed by atoms with van der Waals surface area (Å²) in [6.45, 7) is 0. The second kappa shape index (κ2) is 3.09. The van der Waals surface area contributed by atoms with Gasteiger partial charge in [-0.3, -0.25) is 4.79 Å². The third-order valence-electron chi connectivity index (χ3n) is 1.39. The summed E-state index contributed by atoms with van der Waals surface area (Å²) in [6, 6.07) is 1.74. The van der Waals surface area contributed by atoms with Crippen LogP contribution in [-0.2, 0) is 0 Å². The number of aromatic amines is 1. The predicted molar refractivity (Wildman–Crippen MR) is 43.2 cm³/mol. The number of aromatic nitrogens is 1. The molecule has 0 aliphatic heterocycles. The molecule has 1 aromatic heterocycles. The third kappa shape index (κ3) is 1.34. The fourth-order valence-corrected chi connectivity index (χ4v) is 0.864. The lowest BCUT2D eigenvalue weighted by atomic mass is 10.4. The third-order valence-corrected chi connectivity index (χ3v) is 1.39. The van der Waals surface area contributed by atoms with Gasteiger partial charge >= 0.3 is 0 Å². The molecule has 0 saturated carbocycles. The van der Waals surface area contributed by atoms with Crippen molar-refractivity contribution in [3.05, 3.63) is 22.6 Å². The van der Waals surface area contributed by atoms with E-state index in [0.717, 1.165) is 0 Å².